The van der Waals surface area contributed by atoms with Crippen LogP contribution in [0.2, 0.25) is 0 Å². The first-order valence-electron chi connectivity index (χ1n) is 15.0. The first-order chi connectivity index (χ1) is 20.7. The van der Waals surface area contributed by atoms with Gasteiger partial charge < -0.3 is 24.6 Å². The van der Waals surface area contributed by atoms with E-state index in [0.29, 0.717) is 38.2 Å². The van der Waals surface area contributed by atoms with Crippen molar-refractivity contribution in [3.8, 4) is 11.8 Å². The van der Waals surface area contributed by atoms with Crippen molar-refractivity contribution in [2.45, 2.75) is 80.9 Å². The molecule has 4 rings (SSSR count). The predicted molar refractivity (Wildman–Crippen MR) is 161 cm³/mol. The van der Waals surface area contributed by atoms with Crippen molar-refractivity contribution in [2.24, 2.45) is 5.41 Å². The van der Waals surface area contributed by atoms with Gasteiger partial charge in [-0.1, -0.05) is 49.6 Å². The number of benzene rings is 2. The number of alkyl carbamates (subject to hydrolysis) is 1. The Hall–Kier alpha value is -3.17. The number of rotatable bonds is 14. The number of carbonyl (C=O) groups excluding carboxylic acids is 1. The van der Waals surface area contributed by atoms with Crippen molar-refractivity contribution in [1.29, 1.82) is 5.26 Å². The summed E-state index contributed by atoms with van der Waals surface area (Å²) in [5, 5.41) is 23.8. The highest BCUT2D eigenvalue weighted by Crippen LogP contribution is 2.42. The van der Waals surface area contributed by atoms with Crippen molar-refractivity contribution < 1.29 is 32.5 Å². The second kappa shape index (κ2) is 15.5. The van der Waals surface area contributed by atoms with Gasteiger partial charge in [0.15, 0.2) is 0 Å². The van der Waals surface area contributed by atoms with E-state index in [1.165, 1.54) is 23.5 Å². The molecule has 234 valence electrons. The topological polar surface area (TPSA) is 138 Å². The first kappa shape index (κ1) is 32.7. The van der Waals surface area contributed by atoms with Crippen LogP contribution in [0.5, 0.6) is 5.75 Å². The zero-order valence-electron chi connectivity index (χ0n) is 24.8. The van der Waals surface area contributed by atoms with Crippen LogP contribution in [-0.4, -0.2) is 75.6 Å². The molecule has 1 unspecified atom stereocenters. The number of hydrogen-bond acceptors (Lipinski definition) is 8. The van der Waals surface area contributed by atoms with Crippen molar-refractivity contribution in [3.05, 3.63) is 60.2 Å². The van der Waals surface area contributed by atoms with Gasteiger partial charge in [-0.3, -0.25) is 0 Å². The van der Waals surface area contributed by atoms with Crippen LogP contribution < -0.4 is 10.1 Å². The highest BCUT2D eigenvalue weighted by molar-refractivity contribution is 7.89. The van der Waals surface area contributed by atoms with Gasteiger partial charge >= 0.3 is 6.09 Å². The van der Waals surface area contributed by atoms with Gasteiger partial charge in [0.05, 0.1) is 43.4 Å². The van der Waals surface area contributed by atoms with E-state index in [4.69, 9.17) is 14.2 Å². The van der Waals surface area contributed by atoms with Crippen molar-refractivity contribution >= 4 is 16.1 Å². The van der Waals surface area contributed by atoms with Crippen LogP contribution in [0.15, 0.2) is 59.5 Å². The standard InChI is InChI=1S/C32H43N3O7S/c1-40-26-11-13-28(14-12-26)43(38,39)35(24-32(18-8-19-33)16-6-3-7-17-32)22-30(36)29(21-25-9-4-2-5-10-25)34-31(37)42-27-15-20-41-23-27/h2,4-5,9-14,27,29-30,36H,3,6-8,15-18,20-24H2,1H3,(H,34,37)/t27?,29-,30+/m0/s1. The number of ether oxygens (including phenoxy) is 3. The van der Waals surface area contributed by atoms with Crippen LogP contribution in [-0.2, 0) is 25.9 Å². The summed E-state index contributed by atoms with van der Waals surface area (Å²) in [6.07, 6.45) is 4.07. The third kappa shape index (κ3) is 9.16. The van der Waals surface area contributed by atoms with Gasteiger partial charge in [0.25, 0.3) is 0 Å². The summed E-state index contributed by atoms with van der Waals surface area (Å²) in [6.45, 7) is 0.757. The van der Waals surface area contributed by atoms with Crippen LogP contribution >= 0.6 is 0 Å². The van der Waals surface area contributed by atoms with E-state index in [9.17, 15) is 23.6 Å². The van der Waals surface area contributed by atoms with Crippen LogP contribution in [0.25, 0.3) is 0 Å². The molecular formula is C32H43N3O7S. The summed E-state index contributed by atoms with van der Waals surface area (Å²) < 4.78 is 45.7. The highest BCUT2D eigenvalue weighted by atomic mass is 32.2. The Labute approximate surface area is 255 Å². The monoisotopic (exact) mass is 613 g/mol. The molecule has 2 aromatic rings. The van der Waals surface area contributed by atoms with Crippen molar-refractivity contribution in [3.63, 3.8) is 0 Å². The van der Waals surface area contributed by atoms with E-state index in [-0.39, 0.29) is 35.9 Å². The molecule has 1 amide bonds. The van der Waals surface area contributed by atoms with E-state index in [1.54, 1.807) is 12.1 Å². The number of nitriles is 1. The average molecular weight is 614 g/mol. The molecule has 2 fully saturated rings. The Morgan fingerprint density at radius 1 is 1.16 bits per heavy atom. The maximum absolute atomic E-state index is 14.2. The number of nitrogens with zero attached hydrogens (tertiary/aromatic N) is 2. The Balaban J connectivity index is 1.62. The number of methoxy groups -OCH3 is 1. The van der Waals surface area contributed by atoms with Gasteiger partial charge in [-0.25, -0.2) is 13.2 Å². The molecule has 2 N–H and O–H groups in total. The van der Waals surface area contributed by atoms with Crippen LogP contribution in [0.4, 0.5) is 4.79 Å². The lowest BCUT2D eigenvalue weighted by Gasteiger charge is -2.41. The molecule has 0 bridgehead atoms. The van der Waals surface area contributed by atoms with Gasteiger partial charge in [-0.15, -0.1) is 0 Å². The fraction of sp³-hybridized carbons (Fsp3) is 0.562. The van der Waals surface area contributed by atoms with E-state index in [1.807, 2.05) is 30.3 Å². The minimum atomic E-state index is -4.06. The van der Waals surface area contributed by atoms with Crippen molar-refractivity contribution in [1.82, 2.24) is 9.62 Å². The predicted octanol–water partition coefficient (Wildman–Crippen LogP) is 4.43. The average Bonchev–Trinajstić information content (AvgIpc) is 3.53. The molecule has 1 aliphatic carbocycles. The molecule has 0 aromatic heterocycles. The number of carbonyl (C=O) groups is 1. The summed E-state index contributed by atoms with van der Waals surface area (Å²) >= 11 is 0. The summed E-state index contributed by atoms with van der Waals surface area (Å²) in [4.78, 5) is 13.0. The van der Waals surface area contributed by atoms with E-state index < -0.39 is 28.3 Å². The number of nitrogens with one attached hydrogen (secondary N) is 1. The van der Waals surface area contributed by atoms with Gasteiger partial charge in [-0.05, 0) is 60.9 Å². The number of sulfonamides is 1. The SMILES string of the molecule is COc1ccc(S(=O)(=O)N(C[C@@H](O)[C@H](Cc2ccccc2)NC(=O)OC2CCOC2)CC2(CCC#N)CCCCC2)cc1. The molecule has 43 heavy (non-hydrogen) atoms. The number of aliphatic hydroxyl groups is 1. The molecule has 3 atom stereocenters. The summed E-state index contributed by atoms with van der Waals surface area (Å²) in [7, 11) is -2.55. The van der Waals surface area contributed by atoms with E-state index in [0.717, 1.165) is 37.7 Å². The Kier molecular flexibility index (Phi) is 11.8. The van der Waals surface area contributed by atoms with Crippen LogP contribution in [0, 0.1) is 16.7 Å². The smallest absolute Gasteiger partial charge is 0.407 e. The lowest BCUT2D eigenvalue weighted by Crippen LogP contribution is -2.53. The number of hydrogen-bond donors (Lipinski definition) is 2. The van der Waals surface area contributed by atoms with Crippen LogP contribution in [0.1, 0.15) is 56.9 Å². The van der Waals surface area contributed by atoms with E-state index in [2.05, 4.69) is 11.4 Å². The molecule has 0 spiro atoms. The summed E-state index contributed by atoms with van der Waals surface area (Å²) in [5.74, 6) is 0.529. The number of aliphatic hydroxyl groups excluding tert-OH is 1. The quantitative estimate of drug-likeness (QED) is 0.319. The molecule has 1 saturated carbocycles. The zero-order valence-corrected chi connectivity index (χ0v) is 25.6. The van der Waals surface area contributed by atoms with Gasteiger partial charge in [-0.2, -0.15) is 9.57 Å². The minimum absolute atomic E-state index is 0.0833. The Morgan fingerprint density at radius 3 is 2.51 bits per heavy atom. The molecule has 0 radical (unpaired) electrons. The molecule has 1 aliphatic heterocycles. The van der Waals surface area contributed by atoms with Crippen molar-refractivity contribution in [2.75, 3.05) is 33.4 Å². The second-order valence-electron chi connectivity index (χ2n) is 11.6. The first-order valence-corrected chi connectivity index (χ1v) is 16.5. The lowest BCUT2D eigenvalue weighted by molar-refractivity contribution is 0.0577. The van der Waals surface area contributed by atoms with Gasteiger partial charge in [0.1, 0.15) is 11.9 Å². The van der Waals surface area contributed by atoms with Gasteiger partial charge in [0, 0.05) is 25.9 Å². The molecule has 1 heterocycles. The highest BCUT2D eigenvalue weighted by Gasteiger charge is 2.39. The Morgan fingerprint density at radius 2 is 1.88 bits per heavy atom. The van der Waals surface area contributed by atoms with Crippen LogP contribution in [0.3, 0.4) is 0 Å². The third-order valence-electron chi connectivity index (χ3n) is 8.51. The maximum Gasteiger partial charge on any atom is 0.407 e. The van der Waals surface area contributed by atoms with Gasteiger partial charge in [0.2, 0.25) is 10.0 Å². The molecule has 2 aromatic carbocycles. The molecular weight excluding hydrogens is 570 g/mol. The maximum atomic E-state index is 14.2. The minimum Gasteiger partial charge on any atom is -0.497 e. The summed E-state index contributed by atoms with van der Waals surface area (Å²) in [6, 6.07) is 17.0. The second-order valence-corrected chi connectivity index (χ2v) is 13.5. The molecule has 11 heteroatoms. The number of amides is 1. The molecule has 1 saturated heterocycles. The molecule has 10 nitrogen and oxygen atoms in total. The van der Waals surface area contributed by atoms with E-state index >= 15 is 0 Å². The normalized spacial score (nSPS) is 19.7. The third-order valence-corrected chi connectivity index (χ3v) is 10.3. The lowest BCUT2D eigenvalue weighted by atomic mass is 9.71. The molecule has 2 aliphatic rings. The fourth-order valence-electron chi connectivity index (χ4n) is 6.06. The Bertz CT molecular complexity index is 1300. The fourth-order valence-corrected chi connectivity index (χ4v) is 7.63. The zero-order chi connectivity index (χ0) is 30.7. The largest absolute Gasteiger partial charge is 0.497 e. The summed E-state index contributed by atoms with van der Waals surface area (Å²) in [5.41, 5.74) is 0.496.